The van der Waals surface area contributed by atoms with E-state index in [1.807, 2.05) is 11.8 Å². The molecule has 2 atom stereocenters. The summed E-state index contributed by atoms with van der Waals surface area (Å²) < 4.78 is 44.6. The van der Waals surface area contributed by atoms with Crippen LogP contribution in [0.25, 0.3) is 11.3 Å². The molecule has 1 aromatic carbocycles. The van der Waals surface area contributed by atoms with Crippen LogP contribution in [0, 0.1) is 0 Å². The van der Waals surface area contributed by atoms with Crippen molar-refractivity contribution in [1.82, 2.24) is 9.97 Å². The van der Waals surface area contributed by atoms with E-state index in [9.17, 15) is 13.0 Å². The van der Waals surface area contributed by atoms with Gasteiger partial charge in [-0.1, -0.05) is 12.1 Å². The molecule has 1 aliphatic carbocycles. The van der Waals surface area contributed by atoms with Crippen molar-refractivity contribution in [3.63, 3.8) is 0 Å². The monoisotopic (exact) mass is 393 g/mol. The van der Waals surface area contributed by atoms with Gasteiger partial charge in [0.2, 0.25) is 5.95 Å². The van der Waals surface area contributed by atoms with Crippen LogP contribution in [0.3, 0.4) is 0 Å². The van der Waals surface area contributed by atoms with Crippen molar-refractivity contribution in [2.24, 2.45) is 9.50 Å². The Bertz CT molecular complexity index is 1020. The second kappa shape index (κ2) is 6.20. The molecule has 2 aliphatic rings. The van der Waals surface area contributed by atoms with Gasteiger partial charge in [-0.05, 0) is 31.9 Å². The molecule has 1 aliphatic heterocycles. The minimum atomic E-state index is -2.95. The Kier molecular flexibility index (Phi) is 4.19. The third-order valence-corrected chi connectivity index (χ3v) is 5.59. The lowest BCUT2D eigenvalue weighted by molar-refractivity contribution is -0.00595. The summed E-state index contributed by atoms with van der Waals surface area (Å²) in [5, 5.41) is 5.52. The summed E-state index contributed by atoms with van der Waals surface area (Å²) in [6.45, 7) is 2.78. The molecule has 1 fully saturated rings. The lowest BCUT2D eigenvalue weighted by Gasteiger charge is -2.39. The summed E-state index contributed by atoms with van der Waals surface area (Å²) in [4.78, 5) is 10.8. The fraction of sp³-hybridized carbons (Fsp3) is 0.444. The molecular weight excluding hydrogens is 372 g/mol. The first kappa shape index (κ1) is 18.2. The van der Waals surface area contributed by atoms with Gasteiger partial charge in [0.1, 0.15) is 15.6 Å². The number of alkyl halides is 2. The molecule has 0 amide bonds. The zero-order valence-corrected chi connectivity index (χ0v) is 16.0. The van der Waals surface area contributed by atoms with Gasteiger partial charge in [-0.3, -0.25) is 0 Å². The van der Waals surface area contributed by atoms with Crippen LogP contribution in [0.1, 0.15) is 31.0 Å². The Morgan fingerprint density at radius 1 is 1.37 bits per heavy atom. The molecule has 1 saturated heterocycles. The summed E-state index contributed by atoms with van der Waals surface area (Å²) >= 11 is 0. The average Bonchev–Trinajstić information content (AvgIpc) is 2.87. The summed E-state index contributed by atoms with van der Waals surface area (Å²) in [5.41, 5.74) is 1.85. The highest BCUT2D eigenvalue weighted by Gasteiger charge is 2.44. The largest absolute Gasteiger partial charge is 0.338 e. The van der Waals surface area contributed by atoms with E-state index >= 15 is 0 Å². The Balaban J connectivity index is 1.88. The number of nitrogens with two attached hydrogens (primary N) is 1. The maximum absolute atomic E-state index is 14.4. The lowest BCUT2D eigenvalue weighted by Crippen LogP contribution is -2.47. The second-order valence-electron chi connectivity index (χ2n) is 7.24. The molecule has 6 nitrogen and oxygen atoms in total. The van der Waals surface area contributed by atoms with E-state index in [-0.39, 0.29) is 24.6 Å². The molecule has 1 aromatic heterocycles. The van der Waals surface area contributed by atoms with Gasteiger partial charge in [-0.2, -0.15) is 13.1 Å². The van der Waals surface area contributed by atoms with Gasteiger partial charge in [0.25, 0.3) is 5.92 Å². The standard InChI is InChI=1S/C18H21F2N5OS/c1-11-7-9-25(11)17-22-15(14-6-8-18(19,20)16(14)23-17)12-4-3-5-13(10-12)24-27(2,21)26/h3-5,10-11H,6-9H2,1-2H3,(H2,21,24,26)/t11-,27-/m0/s1. The zero-order chi connectivity index (χ0) is 19.4. The molecule has 2 heterocycles. The van der Waals surface area contributed by atoms with Crippen LogP contribution in [0.5, 0.6) is 0 Å². The molecule has 4 rings (SSSR count). The van der Waals surface area contributed by atoms with Gasteiger partial charge in [-0.15, -0.1) is 0 Å². The molecule has 0 radical (unpaired) electrons. The molecule has 9 heteroatoms. The third kappa shape index (κ3) is 3.41. The third-order valence-electron chi connectivity index (χ3n) is 5.01. The van der Waals surface area contributed by atoms with Crippen LogP contribution in [0.15, 0.2) is 28.6 Å². The van der Waals surface area contributed by atoms with Gasteiger partial charge in [-0.25, -0.2) is 19.3 Å². The van der Waals surface area contributed by atoms with Crippen molar-refractivity contribution < 1.29 is 13.0 Å². The van der Waals surface area contributed by atoms with Crippen LogP contribution >= 0.6 is 0 Å². The van der Waals surface area contributed by atoms with E-state index in [2.05, 4.69) is 14.3 Å². The molecule has 27 heavy (non-hydrogen) atoms. The van der Waals surface area contributed by atoms with Gasteiger partial charge >= 0.3 is 0 Å². The van der Waals surface area contributed by atoms with Crippen molar-refractivity contribution in [3.05, 3.63) is 35.5 Å². The highest BCUT2D eigenvalue weighted by Crippen LogP contribution is 2.45. The maximum atomic E-state index is 14.4. The van der Waals surface area contributed by atoms with Crippen molar-refractivity contribution in [2.45, 2.75) is 38.2 Å². The minimum absolute atomic E-state index is 0.179. The highest BCUT2D eigenvalue weighted by molar-refractivity contribution is 7.90. The first-order valence-corrected chi connectivity index (χ1v) is 10.8. The Labute approximate surface area is 157 Å². The molecule has 144 valence electrons. The van der Waals surface area contributed by atoms with Crippen LogP contribution in [-0.4, -0.2) is 33.0 Å². The van der Waals surface area contributed by atoms with Gasteiger partial charge in [0, 0.05) is 36.4 Å². The van der Waals surface area contributed by atoms with Crippen LogP contribution in [0.4, 0.5) is 20.4 Å². The van der Waals surface area contributed by atoms with Gasteiger partial charge in [0.05, 0.1) is 11.4 Å². The zero-order valence-electron chi connectivity index (χ0n) is 15.2. The fourth-order valence-electron chi connectivity index (χ4n) is 3.51. The van der Waals surface area contributed by atoms with Crippen LogP contribution in [0.2, 0.25) is 0 Å². The number of fused-ring (bicyclic) bond motifs is 1. The summed E-state index contributed by atoms with van der Waals surface area (Å²) in [7, 11) is -2.82. The smallest absolute Gasteiger partial charge is 0.290 e. The van der Waals surface area contributed by atoms with E-state index in [1.54, 1.807) is 24.3 Å². The fourth-order valence-corrected chi connectivity index (χ4v) is 4.04. The Morgan fingerprint density at radius 3 is 2.78 bits per heavy atom. The Morgan fingerprint density at radius 2 is 2.15 bits per heavy atom. The average molecular weight is 393 g/mol. The molecule has 0 saturated carbocycles. The second-order valence-corrected chi connectivity index (χ2v) is 9.14. The van der Waals surface area contributed by atoms with Crippen LogP contribution < -0.4 is 10.0 Å². The molecule has 0 bridgehead atoms. The molecule has 2 N–H and O–H groups in total. The van der Waals surface area contributed by atoms with E-state index in [0.29, 0.717) is 28.5 Å². The van der Waals surface area contributed by atoms with Crippen molar-refractivity contribution >= 4 is 21.6 Å². The first-order valence-electron chi connectivity index (χ1n) is 8.80. The van der Waals surface area contributed by atoms with Crippen LogP contribution in [-0.2, 0) is 22.3 Å². The molecule has 0 spiro atoms. The Hall–Kier alpha value is -2.13. The number of anilines is 1. The molecule has 2 aromatic rings. The van der Waals surface area contributed by atoms with Crippen molar-refractivity contribution in [3.8, 4) is 11.3 Å². The number of aromatic nitrogens is 2. The van der Waals surface area contributed by atoms with E-state index in [0.717, 1.165) is 13.0 Å². The first-order chi connectivity index (χ1) is 12.6. The number of nitrogens with zero attached hydrogens (tertiary/aromatic N) is 4. The SMILES string of the molecule is C[C@H]1CCN1c1nc(-c2cccc(N=[S@](C)(N)=O)c2)c2c(n1)C(F)(F)CC2. The number of hydrogen-bond acceptors (Lipinski definition) is 5. The molecular formula is C18H21F2N5OS. The summed E-state index contributed by atoms with van der Waals surface area (Å²) in [6.07, 6.45) is 2.28. The van der Waals surface area contributed by atoms with Crippen molar-refractivity contribution in [2.75, 3.05) is 17.7 Å². The van der Waals surface area contributed by atoms with E-state index in [1.165, 1.54) is 6.26 Å². The lowest BCUT2D eigenvalue weighted by atomic mass is 10.0. The topological polar surface area (TPSA) is 84.5 Å². The predicted octanol–water partition coefficient (Wildman–Crippen LogP) is 3.38. The summed E-state index contributed by atoms with van der Waals surface area (Å²) in [5.74, 6) is -2.61. The van der Waals surface area contributed by atoms with E-state index in [4.69, 9.17) is 5.14 Å². The van der Waals surface area contributed by atoms with Crippen molar-refractivity contribution in [1.29, 1.82) is 0 Å². The molecule has 0 unspecified atom stereocenters. The predicted molar refractivity (Wildman–Crippen MR) is 101 cm³/mol. The minimum Gasteiger partial charge on any atom is -0.338 e. The number of rotatable bonds is 3. The highest BCUT2D eigenvalue weighted by atomic mass is 32.2. The van der Waals surface area contributed by atoms with E-state index < -0.39 is 15.8 Å². The quantitative estimate of drug-likeness (QED) is 0.866. The maximum Gasteiger partial charge on any atom is 0.290 e. The van der Waals surface area contributed by atoms with Gasteiger partial charge < -0.3 is 4.90 Å². The van der Waals surface area contributed by atoms with Gasteiger partial charge in [0.15, 0.2) is 0 Å². The summed E-state index contributed by atoms with van der Waals surface area (Å²) in [6, 6.07) is 7.10. The number of hydrogen-bond donors (Lipinski definition) is 1. The number of benzene rings is 1. The number of halogens is 2. The normalized spacial score (nSPS) is 22.7.